The Morgan fingerprint density at radius 1 is 0.739 bits per heavy atom. The lowest BCUT2D eigenvalue weighted by Gasteiger charge is -2.60. The van der Waals surface area contributed by atoms with Gasteiger partial charge in [-0.2, -0.15) is 13.2 Å². The summed E-state index contributed by atoms with van der Waals surface area (Å²) in [5.74, 6) is 1.40. The van der Waals surface area contributed by atoms with Gasteiger partial charge in [-0.25, -0.2) is 0 Å². The van der Waals surface area contributed by atoms with E-state index in [4.69, 9.17) is 0 Å². The van der Waals surface area contributed by atoms with Gasteiger partial charge in [-0.1, -0.05) is 26.7 Å². The van der Waals surface area contributed by atoms with E-state index in [1.54, 1.807) is 0 Å². The summed E-state index contributed by atoms with van der Waals surface area (Å²) in [4.78, 5) is 0. The Balaban J connectivity index is 1.63. The SMILES string of the molecule is C[C@]12CCCCC1CC[C@@H]1[C@H]2CC[C@]2(C)C(C(F)(F)F)CC[C@@H]12. The number of alkyl halides is 3. The highest BCUT2D eigenvalue weighted by atomic mass is 19.4. The Bertz CT molecular complexity index is 470. The molecule has 0 aromatic carbocycles. The molecule has 0 saturated heterocycles. The molecule has 0 bridgehead atoms. The molecule has 4 rings (SSSR count). The zero-order valence-corrected chi connectivity index (χ0v) is 14.6. The third kappa shape index (κ3) is 2.24. The van der Waals surface area contributed by atoms with Crippen LogP contribution in [0.3, 0.4) is 0 Å². The molecule has 0 aromatic heterocycles. The van der Waals surface area contributed by atoms with Crippen LogP contribution in [0.2, 0.25) is 0 Å². The molecule has 4 aliphatic rings. The number of halogens is 3. The first-order valence-corrected chi connectivity index (χ1v) is 9.83. The minimum absolute atomic E-state index is 0.326. The number of hydrogen-bond acceptors (Lipinski definition) is 0. The summed E-state index contributed by atoms with van der Waals surface area (Å²) in [5, 5.41) is 0. The van der Waals surface area contributed by atoms with Gasteiger partial charge in [0.2, 0.25) is 0 Å². The predicted octanol–water partition coefficient (Wildman–Crippen LogP) is 6.60. The van der Waals surface area contributed by atoms with Gasteiger partial charge in [-0.3, -0.25) is 0 Å². The lowest BCUT2D eigenvalue weighted by atomic mass is 9.45. The average Bonchev–Trinajstić information content (AvgIpc) is 2.84. The van der Waals surface area contributed by atoms with Crippen molar-refractivity contribution in [2.45, 2.75) is 84.2 Å². The second-order valence-corrected chi connectivity index (χ2v) is 9.62. The van der Waals surface area contributed by atoms with Crippen molar-refractivity contribution >= 4 is 0 Å². The molecule has 4 fully saturated rings. The molecular formula is C20H31F3. The summed E-state index contributed by atoms with van der Waals surface area (Å²) in [6.45, 7) is 4.47. The minimum atomic E-state index is -4.00. The van der Waals surface area contributed by atoms with Crippen LogP contribution >= 0.6 is 0 Å². The summed E-state index contributed by atoms with van der Waals surface area (Å²) in [7, 11) is 0. The number of hydrogen-bond donors (Lipinski definition) is 0. The second-order valence-electron chi connectivity index (χ2n) is 9.62. The van der Waals surface area contributed by atoms with Gasteiger partial charge in [-0.15, -0.1) is 0 Å². The Kier molecular flexibility index (Phi) is 3.64. The van der Waals surface area contributed by atoms with Gasteiger partial charge in [0.25, 0.3) is 0 Å². The fourth-order valence-electron chi connectivity index (χ4n) is 7.83. The lowest BCUT2D eigenvalue weighted by molar-refractivity contribution is -0.215. The standard InChI is InChI=1S/C20H31F3/c1-18-11-4-3-5-13(18)6-7-14-15-8-9-17(20(21,22)23)19(15,2)12-10-16(14)18/h13-17H,3-12H2,1-2H3/t13?,14-,15-,16+,17?,18-,19-/m0/s1. The van der Waals surface area contributed by atoms with Gasteiger partial charge in [0.15, 0.2) is 0 Å². The van der Waals surface area contributed by atoms with Crippen LogP contribution in [0.4, 0.5) is 13.2 Å². The minimum Gasteiger partial charge on any atom is -0.171 e. The first kappa shape index (κ1) is 16.3. The van der Waals surface area contributed by atoms with Crippen LogP contribution in [0, 0.1) is 40.4 Å². The van der Waals surface area contributed by atoms with E-state index >= 15 is 0 Å². The fraction of sp³-hybridized carbons (Fsp3) is 1.00. The molecule has 0 amide bonds. The van der Waals surface area contributed by atoms with Crippen molar-refractivity contribution in [2.75, 3.05) is 0 Å². The normalized spacial score (nSPS) is 53.3. The molecule has 0 radical (unpaired) electrons. The quantitative estimate of drug-likeness (QED) is 0.470. The molecule has 2 unspecified atom stereocenters. The Morgan fingerprint density at radius 2 is 1.48 bits per heavy atom. The summed E-state index contributed by atoms with van der Waals surface area (Å²) in [6, 6.07) is 0. The molecule has 3 heteroatoms. The van der Waals surface area contributed by atoms with Crippen LogP contribution in [0.1, 0.15) is 78.1 Å². The molecule has 23 heavy (non-hydrogen) atoms. The highest BCUT2D eigenvalue weighted by molar-refractivity contribution is 5.09. The van der Waals surface area contributed by atoms with Gasteiger partial charge < -0.3 is 0 Å². The molecule has 4 saturated carbocycles. The third-order valence-electron chi connectivity index (χ3n) is 8.98. The average molecular weight is 328 g/mol. The molecule has 0 N–H and O–H groups in total. The summed E-state index contributed by atoms with van der Waals surface area (Å²) in [5.41, 5.74) is -0.0455. The molecule has 7 atom stereocenters. The van der Waals surface area contributed by atoms with E-state index in [-0.39, 0.29) is 0 Å². The van der Waals surface area contributed by atoms with Crippen molar-refractivity contribution in [1.82, 2.24) is 0 Å². The van der Waals surface area contributed by atoms with Crippen molar-refractivity contribution in [3.05, 3.63) is 0 Å². The maximum absolute atomic E-state index is 13.5. The van der Waals surface area contributed by atoms with E-state index in [0.717, 1.165) is 25.2 Å². The van der Waals surface area contributed by atoms with E-state index in [2.05, 4.69) is 6.92 Å². The van der Waals surface area contributed by atoms with E-state index < -0.39 is 17.5 Å². The second kappa shape index (κ2) is 5.14. The third-order valence-corrected chi connectivity index (χ3v) is 8.98. The Labute approximate surface area is 138 Å². The zero-order valence-electron chi connectivity index (χ0n) is 14.6. The molecule has 132 valence electrons. The summed E-state index contributed by atoms with van der Waals surface area (Å²) in [6.07, 6.45) is 6.95. The maximum atomic E-state index is 13.5. The Hall–Kier alpha value is -0.210. The largest absolute Gasteiger partial charge is 0.392 e. The van der Waals surface area contributed by atoms with Gasteiger partial charge in [0.05, 0.1) is 5.92 Å². The van der Waals surface area contributed by atoms with E-state index in [1.165, 1.54) is 38.5 Å². The first-order chi connectivity index (χ1) is 10.8. The number of rotatable bonds is 0. The predicted molar refractivity (Wildman–Crippen MR) is 85.9 cm³/mol. The van der Waals surface area contributed by atoms with Crippen LogP contribution in [-0.4, -0.2) is 6.18 Å². The van der Waals surface area contributed by atoms with Gasteiger partial charge in [-0.05, 0) is 85.9 Å². The van der Waals surface area contributed by atoms with Crippen molar-refractivity contribution < 1.29 is 13.2 Å². The van der Waals surface area contributed by atoms with Crippen LogP contribution in [0.25, 0.3) is 0 Å². The highest BCUT2D eigenvalue weighted by Crippen LogP contribution is 2.69. The van der Waals surface area contributed by atoms with Gasteiger partial charge in [0, 0.05) is 0 Å². The summed E-state index contributed by atoms with van der Waals surface area (Å²) >= 11 is 0. The van der Waals surface area contributed by atoms with Crippen LogP contribution in [-0.2, 0) is 0 Å². The monoisotopic (exact) mass is 328 g/mol. The first-order valence-electron chi connectivity index (χ1n) is 9.83. The van der Waals surface area contributed by atoms with Crippen molar-refractivity contribution in [2.24, 2.45) is 40.4 Å². The lowest BCUT2D eigenvalue weighted by Crippen LogP contribution is -2.53. The molecular weight excluding hydrogens is 297 g/mol. The molecule has 0 aromatic rings. The van der Waals surface area contributed by atoms with Crippen LogP contribution in [0.5, 0.6) is 0 Å². The molecule has 0 nitrogen and oxygen atoms in total. The van der Waals surface area contributed by atoms with Crippen LogP contribution in [0.15, 0.2) is 0 Å². The zero-order chi connectivity index (χ0) is 16.5. The number of fused-ring (bicyclic) bond motifs is 5. The molecule has 0 aliphatic heterocycles. The topological polar surface area (TPSA) is 0 Å². The van der Waals surface area contributed by atoms with Crippen LogP contribution < -0.4 is 0 Å². The smallest absolute Gasteiger partial charge is 0.171 e. The summed E-state index contributed by atoms with van der Waals surface area (Å²) < 4.78 is 40.6. The fourth-order valence-corrected chi connectivity index (χ4v) is 7.83. The molecule has 0 heterocycles. The highest BCUT2D eigenvalue weighted by Gasteiger charge is 2.64. The maximum Gasteiger partial charge on any atom is 0.392 e. The molecule has 4 aliphatic carbocycles. The van der Waals surface area contributed by atoms with Crippen molar-refractivity contribution in [1.29, 1.82) is 0 Å². The van der Waals surface area contributed by atoms with E-state index in [0.29, 0.717) is 29.6 Å². The van der Waals surface area contributed by atoms with E-state index in [9.17, 15) is 13.2 Å². The van der Waals surface area contributed by atoms with Gasteiger partial charge in [0.1, 0.15) is 0 Å². The van der Waals surface area contributed by atoms with Crippen molar-refractivity contribution in [3.63, 3.8) is 0 Å². The van der Waals surface area contributed by atoms with Crippen molar-refractivity contribution in [3.8, 4) is 0 Å². The van der Waals surface area contributed by atoms with Gasteiger partial charge >= 0.3 is 6.18 Å². The Morgan fingerprint density at radius 3 is 2.22 bits per heavy atom. The molecule has 0 spiro atoms. The van der Waals surface area contributed by atoms with E-state index in [1.807, 2.05) is 6.92 Å².